The maximum Gasteiger partial charge on any atom is 0.416 e. The van der Waals surface area contributed by atoms with Gasteiger partial charge in [-0.05, 0) is 49.6 Å². The molecule has 0 radical (unpaired) electrons. The van der Waals surface area contributed by atoms with E-state index in [0.29, 0.717) is 19.6 Å². The monoisotopic (exact) mass is 494 g/mol. The highest BCUT2D eigenvalue weighted by Crippen LogP contribution is 2.32. The average Bonchev–Trinajstić information content (AvgIpc) is 3.27. The lowest BCUT2D eigenvalue weighted by molar-refractivity contribution is -0.137. The van der Waals surface area contributed by atoms with E-state index in [0.717, 1.165) is 53.3 Å². The van der Waals surface area contributed by atoms with E-state index in [2.05, 4.69) is 15.4 Å². The number of piperidine rings is 1. The van der Waals surface area contributed by atoms with Crippen LogP contribution in [-0.2, 0) is 12.7 Å². The maximum atomic E-state index is 13.1. The van der Waals surface area contributed by atoms with Crippen molar-refractivity contribution in [3.8, 4) is 0 Å². The zero-order chi connectivity index (χ0) is 25.3. The highest BCUT2D eigenvalue weighted by atomic mass is 19.4. The summed E-state index contributed by atoms with van der Waals surface area (Å²) in [4.78, 5) is 23.7. The van der Waals surface area contributed by atoms with Gasteiger partial charge in [-0.3, -0.25) is 9.78 Å². The SMILES string of the molecule is Cc1cnn2c(NCc3cccnc3)cc(C3CCCN(C(=O)c4cccc(C(F)(F)F)c4)C3)nc12. The molecular weight excluding hydrogens is 469 g/mol. The predicted molar refractivity (Wildman–Crippen MR) is 129 cm³/mol. The molecule has 1 aliphatic heterocycles. The van der Waals surface area contributed by atoms with E-state index in [4.69, 9.17) is 4.98 Å². The van der Waals surface area contributed by atoms with Crippen molar-refractivity contribution in [2.24, 2.45) is 0 Å². The number of nitrogens with zero attached hydrogens (tertiary/aromatic N) is 5. The molecule has 1 N–H and O–H groups in total. The lowest BCUT2D eigenvalue weighted by Crippen LogP contribution is -2.39. The number of pyridine rings is 1. The van der Waals surface area contributed by atoms with Crippen LogP contribution < -0.4 is 5.32 Å². The molecular formula is C26H25F3N6O. The Kier molecular flexibility index (Phi) is 6.34. The van der Waals surface area contributed by atoms with E-state index in [1.165, 1.54) is 12.1 Å². The van der Waals surface area contributed by atoms with Crippen LogP contribution in [0.25, 0.3) is 5.65 Å². The minimum absolute atomic E-state index is 0.0411. The standard InChI is InChI=1S/C26H25F3N6O/c1-17-13-32-35-23(31-15-18-5-3-9-30-14-18)12-22(33-24(17)35)20-7-4-10-34(16-20)25(36)19-6-2-8-21(11-19)26(27,28)29/h2-3,5-6,8-9,11-14,20,31H,4,7,10,15-16H2,1H3. The molecule has 36 heavy (non-hydrogen) atoms. The second-order valence-electron chi connectivity index (χ2n) is 9.01. The number of halogens is 3. The third kappa shape index (κ3) is 4.89. The summed E-state index contributed by atoms with van der Waals surface area (Å²) >= 11 is 0. The van der Waals surface area contributed by atoms with Crippen molar-refractivity contribution < 1.29 is 18.0 Å². The van der Waals surface area contributed by atoms with Crippen LogP contribution in [0.4, 0.5) is 19.0 Å². The van der Waals surface area contributed by atoms with Gasteiger partial charge in [0.25, 0.3) is 5.91 Å². The minimum atomic E-state index is -4.50. The van der Waals surface area contributed by atoms with Gasteiger partial charge >= 0.3 is 6.18 Å². The number of rotatable bonds is 5. The largest absolute Gasteiger partial charge is 0.416 e. The van der Waals surface area contributed by atoms with Crippen molar-refractivity contribution in [2.75, 3.05) is 18.4 Å². The highest BCUT2D eigenvalue weighted by molar-refractivity contribution is 5.94. The number of aryl methyl sites for hydroxylation is 1. The molecule has 0 bridgehead atoms. The fourth-order valence-electron chi connectivity index (χ4n) is 4.54. The van der Waals surface area contributed by atoms with Gasteiger partial charge in [0.15, 0.2) is 5.65 Å². The zero-order valence-electron chi connectivity index (χ0n) is 19.7. The molecule has 0 aliphatic carbocycles. The van der Waals surface area contributed by atoms with Crippen LogP contribution in [0, 0.1) is 6.92 Å². The number of hydrogen-bond acceptors (Lipinski definition) is 5. The molecule has 1 fully saturated rings. The molecule has 7 nitrogen and oxygen atoms in total. The van der Waals surface area contributed by atoms with Gasteiger partial charge in [0.05, 0.1) is 17.5 Å². The summed E-state index contributed by atoms with van der Waals surface area (Å²) in [6, 6.07) is 10.4. The van der Waals surface area contributed by atoms with Crippen molar-refractivity contribution >= 4 is 17.4 Å². The highest BCUT2D eigenvalue weighted by Gasteiger charge is 2.32. The number of benzene rings is 1. The molecule has 186 valence electrons. The van der Waals surface area contributed by atoms with Crippen molar-refractivity contribution in [3.63, 3.8) is 0 Å². The Bertz CT molecular complexity index is 1390. The summed E-state index contributed by atoms with van der Waals surface area (Å²) in [6.45, 7) is 3.36. The molecule has 0 saturated carbocycles. The quantitative estimate of drug-likeness (QED) is 0.419. The summed E-state index contributed by atoms with van der Waals surface area (Å²) < 4.78 is 41.2. The third-order valence-electron chi connectivity index (χ3n) is 6.43. The first kappa shape index (κ1) is 23.8. The number of anilines is 1. The molecule has 1 atom stereocenters. The summed E-state index contributed by atoms with van der Waals surface area (Å²) in [5.41, 5.74) is 2.70. The first-order valence-electron chi connectivity index (χ1n) is 11.7. The Morgan fingerprint density at radius 1 is 1.17 bits per heavy atom. The molecule has 10 heteroatoms. The summed E-state index contributed by atoms with van der Waals surface area (Å²) in [5, 5.41) is 7.86. The Morgan fingerprint density at radius 3 is 2.81 bits per heavy atom. The average molecular weight is 495 g/mol. The normalized spacial score (nSPS) is 16.3. The number of likely N-dealkylation sites (tertiary alicyclic amines) is 1. The molecule has 0 spiro atoms. The van der Waals surface area contributed by atoms with Gasteiger partial charge < -0.3 is 10.2 Å². The van der Waals surface area contributed by atoms with Crippen LogP contribution in [0.15, 0.2) is 61.1 Å². The van der Waals surface area contributed by atoms with E-state index in [-0.39, 0.29) is 11.5 Å². The fourth-order valence-corrected chi connectivity index (χ4v) is 4.54. The van der Waals surface area contributed by atoms with Gasteiger partial charge in [-0.1, -0.05) is 12.1 Å². The number of alkyl halides is 3. The molecule has 4 heterocycles. The number of carbonyl (C=O) groups is 1. The van der Waals surface area contributed by atoms with Crippen molar-refractivity contribution in [1.29, 1.82) is 0 Å². The summed E-state index contributed by atoms with van der Waals surface area (Å²) in [5.74, 6) is 0.322. The first-order chi connectivity index (χ1) is 17.3. The maximum absolute atomic E-state index is 13.1. The van der Waals surface area contributed by atoms with E-state index in [1.807, 2.05) is 25.1 Å². The second kappa shape index (κ2) is 9.60. The molecule has 4 aromatic rings. The molecule has 1 amide bonds. The summed E-state index contributed by atoms with van der Waals surface area (Å²) in [7, 11) is 0. The van der Waals surface area contributed by atoms with Crippen LogP contribution in [0.2, 0.25) is 0 Å². The molecule has 1 saturated heterocycles. The zero-order valence-corrected chi connectivity index (χ0v) is 19.7. The third-order valence-corrected chi connectivity index (χ3v) is 6.43. The van der Waals surface area contributed by atoms with Crippen molar-refractivity contribution in [2.45, 2.75) is 38.4 Å². The Labute approximate surface area is 206 Å². The van der Waals surface area contributed by atoms with E-state index in [1.54, 1.807) is 28.0 Å². The second-order valence-corrected chi connectivity index (χ2v) is 9.01. The predicted octanol–water partition coefficient (Wildman–Crippen LogP) is 5.08. The van der Waals surface area contributed by atoms with E-state index >= 15 is 0 Å². The topological polar surface area (TPSA) is 75.4 Å². The number of hydrogen-bond donors (Lipinski definition) is 1. The Balaban J connectivity index is 1.40. The molecule has 5 rings (SSSR count). The number of nitrogens with one attached hydrogen (secondary N) is 1. The lowest BCUT2D eigenvalue weighted by Gasteiger charge is -2.33. The smallest absolute Gasteiger partial charge is 0.366 e. The number of amides is 1. The number of aromatic nitrogens is 4. The molecule has 1 aliphatic rings. The minimum Gasteiger partial charge on any atom is -0.366 e. The van der Waals surface area contributed by atoms with Gasteiger partial charge in [0.1, 0.15) is 5.82 Å². The van der Waals surface area contributed by atoms with Gasteiger partial charge in [0.2, 0.25) is 0 Å². The fraction of sp³-hybridized carbons (Fsp3) is 0.308. The van der Waals surface area contributed by atoms with E-state index in [9.17, 15) is 18.0 Å². The Hall–Kier alpha value is -3.95. The van der Waals surface area contributed by atoms with Crippen LogP contribution in [0.3, 0.4) is 0 Å². The molecule has 3 aromatic heterocycles. The Morgan fingerprint density at radius 2 is 2.03 bits per heavy atom. The van der Waals surface area contributed by atoms with Gasteiger partial charge in [0, 0.05) is 55.1 Å². The van der Waals surface area contributed by atoms with Gasteiger partial charge in [-0.2, -0.15) is 22.8 Å². The van der Waals surface area contributed by atoms with Gasteiger partial charge in [-0.15, -0.1) is 0 Å². The van der Waals surface area contributed by atoms with E-state index < -0.39 is 17.6 Å². The number of fused-ring (bicyclic) bond motifs is 1. The van der Waals surface area contributed by atoms with Crippen LogP contribution >= 0.6 is 0 Å². The lowest BCUT2D eigenvalue weighted by atomic mass is 9.93. The molecule has 1 aromatic carbocycles. The van der Waals surface area contributed by atoms with Crippen molar-refractivity contribution in [3.05, 3.63) is 89.0 Å². The molecule has 1 unspecified atom stereocenters. The van der Waals surface area contributed by atoms with Crippen LogP contribution in [0.1, 0.15) is 51.5 Å². The van der Waals surface area contributed by atoms with Gasteiger partial charge in [-0.25, -0.2) is 4.98 Å². The number of carbonyl (C=O) groups excluding carboxylic acids is 1. The first-order valence-corrected chi connectivity index (χ1v) is 11.7. The van der Waals surface area contributed by atoms with Crippen molar-refractivity contribution in [1.82, 2.24) is 24.5 Å². The van der Waals surface area contributed by atoms with Crippen LogP contribution in [0.5, 0.6) is 0 Å². The van der Waals surface area contributed by atoms with Crippen LogP contribution in [-0.4, -0.2) is 43.5 Å². The summed E-state index contributed by atoms with van der Waals surface area (Å²) in [6.07, 6.45) is 2.33.